The van der Waals surface area contributed by atoms with Crippen molar-refractivity contribution in [2.45, 2.75) is 33.0 Å². The van der Waals surface area contributed by atoms with E-state index in [1.165, 1.54) is 6.07 Å². The Bertz CT molecular complexity index is 1900. The van der Waals surface area contributed by atoms with E-state index in [2.05, 4.69) is 46.5 Å². The number of aryl methyl sites for hydroxylation is 2. The number of hydrogen-bond donors (Lipinski definition) is 6. The fraction of sp³-hybridized carbons (Fsp3) is 0.267. The fourth-order valence-electron chi connectivity index (χ4n) is 4.02. The molecule has 23 heteroatoms. The van der Waals surface area contributed by atoms with Crippen LogP contribution in [0.25, 0.3) is 0 Å². The molecule has 0 aliphatic carbocycles. The number of nitrogens with zero attached hydrogens (tertiary/aromatic N) is 5. The Labute approximate surface area is 301 Å². The Hall–Kier alpha value is -5.35. The van der Waals surface area contributed by atoms with E-state index in [1.807, 2.05) is 0 Å². The summed E-state index contributed by atoms with van der Waals surface area (Å²) in [5, 5.41) is 21.4. The van der Waals surface area contributed by atoms with Gasteiger partial charge in [0, 0.05) is 41.9 Å². The number of urea groups is 2. The van der Waals surface area contributed by atoms with E-state index in [-0.39, 0.29) is 28.4 Å². The Morgan fingerprint density at radius 1 is 0.755 bits per heavy atom. The maximum absolute atomic E-state index is 13.3. The third-order valence-electron chi connectivity index (χ3n) is 6.60. The molecule has 4 amide bonds. The number of nitrogens with one attached hydrogen (secondary N) is 5. The van der Waals surface area contributed by atoms with Crippen molar-refractivity contribution in [3.63, 3.8) is 0 Å². The predicted octanol–water partition coefficient (Wildman–Crippen LogP) is 7.28. The summed E-state index contributed by atoms with van der Waals surface area (Å²) in [7, 11) is 1.14. The van der Waals surface area contributed by atoms with Crippen LogP contribution in [-0.4, -0.2) is 69.0 Å². The van der Waals surface area contributed by atoms with Gasteiger partial charge in [0.2, 0.25) is 11.9 Å². The van der Waals surface area contributed by atoms with Crippen molar-refractivity contribution >= 4 is 59.8 Å². The monoisotopic (exact) mass is 776 g/mol. The normalized spacial score (nSPS) is 11.3. The van der Waals surface area contributed by atoms with E-state index >= 15 is 0 Å². The van der Waals surface area contributed by atoms with Gasteiger partial charge in [-0.15, -0.1) is 0 Å². The standard InChI is InChI=1S/C17H21BF4N6O2.C13H9ClF4N4O/c1-10-8-14(23-6-7-28(3)18(2)30)26-15(24-10)27-16(29)25-11-4-5-13(19)12(9-11)17(20,21)22;1-6-4-10(14)21-11(19-6)22-12(23)20-7-2-3-9(15)8(5-7)13(16,17)18/h4-5,8-9,30H,6-7H2,1-3H3,(H3,23,24,25,26,27,29);2-5H,1H3,(H2,19,20,21,22,23). The molecule has 0 spiro atoms. The van der Waals surface area contributed by atoms with E-state index in [1.54, 1.807) is 38.6 Å². The van der Waals surface area contributed by atoms with Crippen molar-refractivity contribution in [3.05, 3.63) is 87.8 Å². The van der Waals surface area contributed by atoms with E-state index in [4.69, 9.17) is 11.6 Å². The van der Waals surface area contributed by atoms with Gasteiger partial charge in [0.1, 0.15) is 22.6 Å². The molecule has 284 valence electrons. The molecule has 53 heavy (non-hydrogen) atoms. The minimum Gasteiger partial charge on any atom is -0.437 e. The summed E-state index contributed by atoms with van der Waals surface area (Å²) in [6, 6.07) is 5.53. The zero-order valence-corrected chi connectivity index (χ0v) is 28.8. The van der Waals surface area contributed by atoms with Gasteiger partial charge in [-0.05, 0) is 70.2 Å². The number of benzene rings is 2. The molecule has 0 saturated heterocycles. The fourth-order valence-corrected chi connectivity index (χ4v) is 4.25. The van der Waals surface area contributed by atoms with Crippen molar-refractivity contribution in [1.29, 1.82) is 0 Å². The highest BCUT2D eigenvalue weighted by molar-refractivity contribution is 6.45. The third-order valence-corrected chi connectivity index (χ3v) is 6.79. The maximum atomic E-state index is 13.3. The molecule has 2 heterocycles. The highest BCUT2D eigenvalue weighted by Crippen LogP contribution is 2.34. The molecule has 13 nitrogen and oxygen atoms in total. The summed E-state index contributed by atoms with van der Waals surface area (Å²) in [6.07, 6.45) is -9.76. The first kappa shape index (κ1) is 42.1. The zero-order valence-electron chi connectivity index (χ0n) is 28.0. The lowest BCUT2D eigenvalue weighted by Crippen LogP contribution is -2.36. The van der Waals surface area contributed by atoms with E-state index < -0.39 is 54.2 Å². The number of likely N-dealkylation sites (N-methyl/N-ethyl adjacent to an activating group) is 1. The molecule has 0 fully saturated rings. The van der Waals surface area contributed by atoms with Crippen molar-refractivity contribution in [2.75, 3.05) is 46.7 Å². The van der Waals surface area contributed by atoms with Crippen LogP contribution in [0.5, 0.6) is 0 Å². The second kappa shape index (κ2) is 17.9. The summed E-state index contributed by atoms with van der Waals surface area (Å²) < 4.78 is 103. The molecule has 0 bridgehead atoms. The Morgan fingerprint density at radius 3 is 1.64 bits per heavy atom. The molecule has 2 aromatic carbocycles. The number of hydrogen-bond acceptors (Lipinski definition) is 9. The third kappa shape index (κ3) is 13.6. The van der Waals surface area contributed by atoms with Crippen LogP contribution in [0.4, 0.5) is 73.8 Å². The summed E-state index contributed by atoms with van der Waals surface area (Å²) in [5.74, 6) is -2.65. The largest absolute Gasteiger partial charge is 0.437 e. The number of carbonyl (C=O) groups is 2. The molecule has 4 aromatic rings. The summed E-state index contributed by atoms with van der Waals surface area (Å²) >= 11 is 5.69. The topological polar surface area (TPSA) is 169 Å². The molecule has 0 atom stereocenters. The number of aromatic nitrogens is 4. The van der Waals surface area contributed by atoms with Gasteiger partial charge in [0.15, 0.2) is 0 Å². The van der Waals surface area contributed by atoms with Gasteiger partial charge in [-0.3, -0.25) is 10.6 Å². The van der Waals surface area contributed by atoms with Gasteiger partial charge in [-0.1, -0.05) is 11.6 Å². The van der Waals surface area contributed by atoms with Gasteiger partial charge in [0.05, 0.1) is 11.1 Å². The van der Waals surface area contributed by atoms with Crippen LogP contribution in [-0.2, 0) is 12.4 Å². The van der Waals surface area contributed by atoms with Crippen molar-refractivity contribution in [3.8, 4) is 0 Å². The molecule has 0 radical (unpaired) electrons. The smallest absolute Gasteiger partial charge is 0.419 e. The number of alkyl halides is 6. The molecule has 0 aliphatic rings. The minimum absolute atomic E-state index is 0.0722. The van der Waals surface area contributed by atoms with Crippen LogP contribution >= 0.6 is 11.6 Å². The molecular formula is C30H30BClF8N10O3. The van der Waals surface area contributed by atoms with Crippen LogP contribution < -0.4 is 26.6 Å². The second-order valence-electron chi connectivity index (χ2n) is 11.0. The van der Waals surface area contributed by atoms with E-state index in [0.29, 0.717) is 54.6 Å². The average Bonchev–Trinajstić information content (AvgIpc) is 3.01. The lowest BCUT2D eigenvalue weighted by Gasteiger charge is -2.17. The predicted molar refractivity (Wildman–Crippen MR) is 182 cm³/mol. The Balaban J connectivity index is 0.000000295. The zero-order chi connectivity index (χ0) is 39.7. The number of amides is 4. The number of rotatable bonds is 9. The van der Waals surface area contributed by atoms with Crippen LogP contribution in [0.3, 0.4) is 0 Å². The minimum atomic E-state index is -4.89. The van der Waals surface area contributed by atoms with Crippen molar-refractivity contribution < 1.29 is 49.7 Å². The summed E-state index contributed by atoms with van der Waals surface area (Å²) in [6.45, 7) is 5.91. The molecular weight excluding hydrogens is 747 g/mol. The van der Waals surface area contributed by atoms with Gasteiger partial charge in [0.25, 0.3) is 0 Å². The van der Waals surface area contributed by atoms with E-state index in [0.717, 1.165) is 12.1 Å². The van der Waals surface area contributed by atoms with Gasteiger partial charge < -0.3 is 25.8 Å². The van der Waals surface area contributed by atoms with Gasteiger partial charge in [-0.25, -0.2) is 33.3 Å². The quantitative estimate of drug-likeness (QED) is 0.0581. The van der Waals surface area contributed by atoms with Crippen LogP contribution in [0.2, 0.25) is 12.0 Å². The van der Waals surface area contributed by atoms with Gasteiger partial charge in [-0.2, -0.15) is 31.3 Å². The SMILES string of the molecule is CB(O)N(C)CCNc1cc(C)nc(NC(=O)Nc2ccc(F)c(C(F)(F)F)c2)n1.Cc1cc(Cl)nc(NC(=O)Nc2ccc(F)c(C(F)(F)F)c2)n1. The highest BCUT2D eigenvalue weighted by Gasteiger charge is 2.35. The number of carbonyl (C=O) groups excluding carboxylic acids is 2. The molecule has 0 aliphatic heterocycles. The first-order valence-corrected chi connectivity index (χ1v) is 15.4. The molecule has 2 aromatic heterocycles. The van der Waals surface area contributed by atoms with Crippen molar-refractivity contribution in [1.82, 2.24) is 24.7 Å². The number of anilines is 5. The number of halogens is 9. The molecule has 0 unspecified atom stereocenters. The molecule has 0 saturated carbocycles. The molecule has 6 N–H and O–H groups in total. The Morgan fingerprint density at radius 2 is 1.21 bits per heavy atom. The summed E-state index contributed by atoms with van der Waals surface area (Å²) in [5.41, 5.74) is -2.43. The summed E-state index contributed by atoms with van der Waals surface area (Å²) in [4.78, 5) is 41.3. The molecule has 4 rings (SSSR count). The highest BCUT2D eigenvalue weighted by atomic mass is 35.5. The van der Waals surface area contributed by atoms with Crippen LogP contribution in [0.1, 0.15) is 22.5 Å². The van der Waals surface area contributed by atoms with Crippen molar-refractivity contribution in [2.24, 2.45) is 0 Å². The van der Waals surface area contributed by atoms with E-state index in [9.17, 15) is 49.7 Å². The lowest BCUT2D eigenvalue weighted by atomic mass is 9.86. The van der Waals surface area contributed by atoms with Crippen LogP contribution in [0.15, 0.2) is 48.5 Å². The second-order valence-corrected chi connectivity index (χ2v) is 11.3. The Kier molecular flexibility index (Phi) is 14.2. The first-order valence-electron chi connectivity index (χ1n) is 15.0. The average molecular weight is 777 g/mol. The first-order chi connectivity index (χ1) is 24.6. The van der Waals surface area contributed by atoms with Crippen LogP contribution in [0, 0.1) is 25.5 Å². The maximum Gasteiger partial charge on any atom is 0.419 e. The van der Waals surface area contributed by atoms with Gasteiger partial charge >= 0.3 is 31.5 Å². The lowest BCUT2D eigenvalue weighted by molar-refractivity contribution is -0.140.